The van der Waals surface area contributed by atoms with Crippen molar-refractivity contribution < 1.29 is 13.2 Å². The van der Waals surface area contributed by atoms with Gasteiger partial charge < -0.3 is 4.90 Å². The van der Waals surface area contributed by atoms with Gasteiger partial charge in [-0.3, -0.25) is 0 Å². The monoisotopic (exact) mass is 433 g/mol. The first-order chi connectivity index (χ1) is 13.7. The zero-order chi connectivity index (χ0) is 22.9. The Morgan fingerprint density at radius 1 is 1.00 bits per heavy atom. The van der Waals surface area contributed by atoms with Gasteiger partial charge in [-0.1, -0.05) is 56.1 Å². The summed E-state index contributed by atoms with van der Waals surface area (Å²) < 4.78 is 39.1. The van der Waals surface area contributed by atoms with Crippen LogP contribution in [0.1, 0.15) is 42.4 Å². The van der Waals surface area contributed by atoms with Crippen LogP contribution < -0.4 is 0 Å². The van der Waals surface area contributed by atoms with E-state index in [1.165, 1.54) is 0 Å². The number of nitrogens with zero attached hydrogens (tertiary/aromatic N) is 1. The molecule has 5 heteroatoms. The van der Waals surface area contributed by atoms with Crippen LogP contribution in [0.15, 0.2) is 78.0 Å². The Labute approximate surface area is 179 Å². The van der Waals surface area contributed by atoms with Crippen LogP contribution in [0, 0.1) is 0 Å². The molecule has 0 bridgehead atoms. The summed E-state index contributed by atoms with van der Waals surface area (Å²) in [4.78, 5) is 2.97. The molecule has 0 aliphatic rings. The highest BCUT2D eigenvalue weighted by atomic mass is 32.2. The van der Waals surface area contributed by atoms with Crippen molar-refractivity contribution in [2.75, 3.05) is 13.3 Å². The van der Waals surface area contributed by atoms with Gasteiger partial charge in [-0.15, -0.1) is 0 Å². The van der Waals surface area contributed by atoms with E-state index in [1.54, 1.807) is 12.1 Å². The molecule has 0 aliphatic carbocycles. The van der Waals surface area contributed by atoms with Gasteiger partial charge in [0.1, 0.15) is 0 Å². The molecule has 0 N–H and O–H groups in total. The zero-order valence-electron chi connectivity index (χ0n) is 18.1. The second-order valence-corrected chi connectivity index (χ2v) is 11.0. The van der Waals surface area contributed by atoms with E-state index in [0.29, 0.717) is 0 Å². The van der Waals surface area contributed by atoms with Gasteiger partial charge in [-0.25, -0.2) is 0 Å². The molecule has 2 aromatic carbocycles. The largest absolute Gasteiger partial charge is 0.416 e. The first kappa shape index (κ1) is 23.9. The minimum absolute atomic E-state index is 0.0299. The van der Waals surface area contributed by atoms with Gasteiger partial charge in [0.25, 0.3) is 0 Å². The third-order valence-corrected chi connectivity index (χ3v) is 6.80. The lowest BCUT2D eigenvalue weighted by molar-refractivity contribution is -0.137. The fourth-order valence-electron chi connectivity index (χ4n) is 3.40. The van der Waals surface area contributed by atoms with E-state index in [4.69, 9.17) is 0 Å². The molecular weight excluding hydrogens is 403 g/mol. The molecular formula is C25H30F3NS. The average molecular weight is 434 g/mol. The maximum Gasteiger partial charge on any atom is 0.416 e. The number of allylic oxidation sites excluding steroid dienone is 2. The Bertz CT molecular complexity index is 1030. The van der Waals surface area contributed by atoms with Crippen molar-refractivity contribution in [1.82, 2.24) is 4.90 Å². The van der Waals surface area contributed by atoms with Gasteiger partial charge in [-0.05, 0) is 59.4 Å². The van der Waals surface area contributed by atoms with Gasteiger partial charge in [0, 0.05) is 24.4 Å². The molecule has 2 aromatic rings. The number of hydrogen-bond acceptors (Lipinski definition) is 1. The van der Waals surface area contributed by atoms with E-state index in [-0.39, 0.29) is 11.8 Å². The Balaban J connectivity index is 2.56. The first-order valence-corrected chi connectivity index (χ1v) is 11.9. The fourth-order valence-corrected chi connectivity index (χ4v) is 4.23. The maximum absolute atomic E-state index is 13.0. The van der Waals surface area contributed by atoms with Gasteiger partial charge in [0.05, 0.1) is 5.56 Å². The molecule has 0 heterocycles. The van der Waals surface area contributed by atoms with Crippen molar-refractivity contribution >= 4 is 20.9 Å². The maximum atomic E-state index is 13.0. The van der Waals surface area contributed by atoms with Gasteiger partial charge in [-0.2, -0.15) is 22.4 Å². The lowest BCUT2D eigenvalue weighted by Gasteiger charge is -2.33. The number of hydrogen-bond donors (Lipinski definition) is 0. The standard InChI is InChI=1S/C25H30F3NS/c1-17(2)29(5)19(4)24(20-12-14-22(15-13-20)25(26,27)28)18(3)21-10-9-11-23(16-21)30(6,7)8/h9-16,18,24H,1,4,6-7H2,2-3,5,8H3/t18?,24-/m1/s1. The van der Waals surface area contributed by atoms with Gasteiger partial charge in [0.2, 0.25) is 0 Å². The van der Waals surface area contributed by atoms with E-state index < -0.39 is 20.9 Å². The highest BCUT2D eigenvalue weighted by Gasteiger charge is 2.31. The number of likely N-dealkylation sites (N-methyl/N-ethyl adjacent to an activating group) is 1. The third kappa shape index (κ3) is 5.39. The van der Waals surface area contributed by atoms with Crippen molar-refractivity contribution in [3.05, 3.63) is 89.8 Å². The van der Waals surface area contributed by atoms with Crippen LogP contribution >= 0.6 is 9.21 Å². The van der Waals surface area contributed by atoms with E-state index in [0.717, 1.165) is 39.5 Å². The molecule has 0 saturated carbocycles. The molecule has 30 heavy (non-hydrogen) atoms. The molecule has 0 radical (unpaired) electrons. The summed E-state index contributed by atoms with van der Waals surface area (Å²) in [6, 6.07) is 13.5. The van der Waals surface area contributed by atoms with Crippen LogP contribution in [0.3, 0.4) is 0 Å². The number of halogens is 3. The number of rotatable bonds is 7. The molecule has 2 rings (SSSR count). The van der Waals surface area contributed by atoms with Crippen molar-refractivity contribution in [1.29, 1.82) is 0 Å². The normalized spacial score (nSPS) is 14.1. The summed E-state index contributed by atoms with van der Waals surface area (Å²) >= 11 is 0. The van der Waals surface area contributed by atoms with Crippen LogP contribution in [0.5, 0.6) is 0 Å². The predicted octanol–water partition coefficient (Wildman–Crippen LogP) is 7.23. The van der Waals surface area contributed by atoms with Gasteiger partial charge >= 0.3 is 6.18 Å². The molecule has 0 spiro atoms. The Hall–Kier alpha value is -2.40. The number of alkyl halides is 3. The second kappa shape index (κ2) is 8.76. The zero-order valence-corrected chi connectivity index (χ0v) is 18.9. The van der Waals surface area contributed by atoms with Crippen LogP contribution in [0.25, 0.3) is 0 Å². The molecule has 0 saturated heterocycles. The van der Waals surface area contributed by atoms with Crippen molar-refractivity contribution in [2.24, 2.45) is 0 Å². The minimum Gasteiger partial charge on any atom is -0.352 e. The molecule has 0 aromatic heterocycles. The summed E-state index contributed by atoms with van der Waals surface area (Å²) in [5.41, 5.74) is 2.77. The topological polar surface area (TPSA) is 3.24 Å². The molecule has 2 atom stereocenters. The van der Waals surface area contributed by atoms with E-state index in [2.05, 4.69) is 37.9 Å². The highest BCUT2D eigenvalue weighted by molar-refractivity contribution is 8.27. The van der Waals surface area contributed by atoms with Crippen molar-refractivity contribution in [2.45, 2.75) is 36.8 Å². The summed E-state index contributed by atoms with van der Waals surface area (Å²) in [6.07, 6.45) is -2.34. The minimum atomic E-state index is -4.37. The van der Waals surface area contributed by atoms with Crippen molar-refractivity contribution in [3.63, 3.8) is 0 Å². The quantitative estimate of drug-likeness (QED) is 0.416. The fraction of sp³-hybridized carbons (Fsp3) is 0.280. The Kier molecular flexibility index (Phi) is 6.97. The molecule has 1 unspecified atom stereocenters. The smallest absolute Gasteiger partial charge is 0.352 e. The second-order valence-electron chi connectivity index (χ2n) is 8.02. The van der Waals surface area contributed by atoms with E-state index in [1.807, 2.05) is 43.3 Å². The van der Waals surface area contributed by atoms with Gasteiger partial charge in [0.15, 0.2) is 0 Å². The first-order valence-electron chi connectivity index (χ1n) is 9.53. The van der Waals surface area contributed by atoms with Crippen LogP contribution in [-0.2, 0) is 6.18 Å². The Morgan fingerprint density at radius 2 is 1.57 bits per heavy atom. The lowest BCUT2D eigenvalue weighted by atomic mass is 9.80. The lowest BCUT2D eigenvalue weighted by Crippen LogP contribution is -2.23. The third-order valence-electron chi connectivity index (χ3n) is 5.41. The van der Waals surface area contributed by atoms with E-state index in [9.17, 15) is 13.2 Å². The van der Waals surface area contributed by atoms with Crippen LogP contribution in [0.4, 0.5) is 13.2 Å². The molecule has 0 amide bonds. The predicted molar refractivity (Wildman–Crippen MR) is 127 cm³/mol. The highest BCUT2D eigenvalue weighted by Crippen LogP contribution is 2.42. The SMILES string of the molecule is C=C(C)N(C)C(=C)[C@H](c1ccc(C(F)(F)F)cc1)C(C)c1cccc(S(=C)(=C)C)c1. The summed E-state index contributed by atoms with van der Waals surface area (Å²) in [6.45, 7) is 12.2. The van der Waals surface area contributed by atoms with Crippen LogP contribution in [0.2, 0.25) is 0 Å². The summed E-state index contributed by atoms with van der Waals surface area (Å²) in [5, 5.41) is 0. The summed E-state index contributed by atoms with van der Waals surface area (Å²) in [7, 11) is 0.480. The molecule has 162 valence electrons. The Morgan fingerprint density at radius 3 is 2.03 bits per heavy atom. The number of benzene rings is 2. The van der Waals surface area contributed by atoms with E-state index >= 15 is 0 Å². The molecule has 0 aliphatic heterocycles. The van der Waals surface area contributed by atoms with Crippen molar-refractivity contribution in [3.8, 4) is 0 Å². The molecule has 0 fully saturated rings. The average Bonchev–Trinajstić information content (AvgIpc) is 2.66. The van der Waals surface area contributed by atoms with Crippen LogP contribution in [-0.4, -0.2) is 29.9 Å². The molecule has 1 nitrogen and oxygen atoms in total. The summed E-state index contributed by atoms with van der Waals surface area (Å²) in [5.74, 6) is 8.13.